The Morgan fingerprint density at radius 1 is 1.17 bits per heavy atom. The molecular weight excluding hydrogens is 515 g/mol. The summed E-state index contributed by atoms with van der Waals surface area (Å²) in [5.41, 5.74) is 3.80. The molecule has 1 aliphatic rings. The van der Waals surface area contributed by atoms with Gasteiger partial charge < -0.3 is 19.5 Å². The molecule has 2 aromatic carbocycles. The third-order valence-corrected chi connectivity index (χ3v) is 8.82. The van der Waals surface area contributed by atoms with Crippen molar-refractivity contribution < 1.29 is 13.9 Å². The third-order valence-electron chi connectivity index (χ3n) is 8.82. The number of ether oxygens (including phenoxy) is 1. The summed E-state index contributed by atoms with van der Waals surface area (Å²) in [6, 6.07) is 13.4. The van der Waals surface area contributed by atoms with Gasteiger partial charge in [-0.2, -0.15) is 0 Å². The van der Waals surface area contributed by atoms with Crippen LogP contribution in [0, 0.1) is 11.7 Å². The summed E-state index contributed by atoms with van der Waals surface area (Å²) in [5.74, 6) is 1.21. The average molecular weight is 565 g/mol. The molecule has 6 nitrogen and oxygen atoms in total. The van der Waals surface area contributed by atoms with Gasteiger partial charge in [0.05, 0.1) is 11.0 Å². The molecular formula is C34H49FN4O2. The van der Waals surface area contributed by atoms with E-state index in [1.165, 1.54) is 5.52 Å². The number of imidazole rings is 1. The zero-order chi connectivity index (χ0) is 29.4. The number of nitrogens with one attached hydrogen (secondary N) is 1. The number of alkyl carbamates (subject to hydrolysis) is 1. The van der Waals surface area contributed by atoms with Gasteiger partial charge >= 0.3 is 6.09 Å². The Morgan fingerprint density at radius 2 is 1.98 bits per heavy atom. The number of fused-ring (bicyclic) bond motifs is 2. The standard InChI is InChI=1S/C34H49FN4O2/c1-6-7-21-36-33(40)41-34(19-18-26-24-27(35)16-17-28(26)32(34)25(2)3)20-23-38(4)22-12-8-9-15-31-37-29-13-10-11-14-30(29)39(31)5/h10-11,13-14,16-17,24-25,32H,6-9,12,15,18-23H2,1-5H3,(H,36,40)/t32-,34-/m0/s1. The predicted molar refractivity (Wildman–Crippen MR) is 165 cm³/mol. The van der Waals surface area contributed by atoms with Gasteiger partial charge in [-0.3, -0.25) is 0 Å². The maximum Gasteiger partial charge on any atom is 0.407 e. The molecule has 1 N–H and O–H groups in total. The number of benzene rings is 2. The van der Waals surface area contributed by atoms with Gasteiger partial charge in [-0.05, 0) is 87.0 Å². The molecule has 41 heavy (non-hydrogen) atoms. The number of para-hydroxylation sites is 2. The Balaban J connectivity index is 1.35. The lowest BCUT2D eigenvalue weighted by Crippen LogP contribution is -2.50. The van der Waals surface area contributed by atoms with E-state index < -0.39 is 5.60 Å². The molecule has 4 rings (SSSR count). The third kappa shape index (κ3) is 7.68. The molecule has 0 bridgehead atoms. The molecule has 3 aromatic rings. The van der Waals surface area contributed by atoms with Crippen LogP contribution in [0.5, 0.6) is 0 Å². The summed E-state index contributed by atoms with van der Waals surface area (Å²) >= 11 is 0. The van der Waals surface area contributed by atoms with Crippen molar-refractivity contribution in [3.05, 3.63) is 65.2 Å². The van der Waals surface area contributed by atoms with E-state index in [2.05, 4.69) is 67.8 Å². The maximum absolute atomic E-state index is 14.1. The SMILES string of the molecule is CCCCNC(=O)O[C@]1(CCN(C)CCCCCc2nc3ccccc3n2C)CCc2cc(F)ccc2[C@@H]1C(C)C. The van der Waals surface area contributed by atoms with E-state index >= 15 is 0 Å². The molecule has 1 heterocycles. The lowest BCUT2D eigenvalue weighted by atomic mass is 9.65. The summed E-state index contributed by atoms with van der Waals surface area (Å²) in [5, 5.41) is 2.97. The number of carbonyl (C=O) groups excluding carboxylic acids is 1. The van der Waals surface area contributed by atoms with Gasteiger partial charge in [0.25, 0.3) is 0 Å². The number of aromatic nitrogens is 2. The van der Waals surface area contributed by atoms with Crippen molar-refractivity contribution in [3.63, 3.8) is 0 Å². The zero-order valence-electron chi connectivity index (χ0n) is 25.7. The van der Waals surface area contributed by atoms with Gasteiger partial charge in [0.1, 0.15) is 17.2 Å². The number of halogens is 1. The van der Waals surface area contributed by atoms with E-state index in [4.69, 9.17) is 9.72 Å². The quantitative estimate of drug-likeness (QED) is 0.207. The molecule has 2 atom stereocenters. The number of nitrogens with zero attached hydrogens (tertiary/aromatic N) is 3. The van der Waals surface area contributed by atoms with E-state index in [9.17, 15) is 9.18 Å². The fraction of sp³-hybridized carbons (Fsp3) is 0.588. The molecule has 0 unspecified atom stereocenters. The highest BCUT2D eigenvalue weighted by molar-refractivity contribution is 5.75. The normalized spacial score (nSPS) is 18.7. The first kappa shape index (κ1) is 31.0. The van der Waals surface area contributed by atoms with Crippen LogP contribution in [0.15, 0.2) is 42.5 Å². The molecule has 224 valence electrons. The minimum Gasteiger partial charge on any atom is -0.442 e. The van der Waals surface area contributed by atoms with Crippen LogP contribution in [0.4, 0.5) is 9.18 Å². The second-order valence-electron chi connectivity index (χ2n) is 12.2. The zero-order valence-corrected chi connectivity index (χ0v) is 25.7. The first-order chi connectivity index (χ1) is 19.7. The van der Waals surface area contributed by atoms with Crippen molar-refractivity contribution in [2.75, 3.05) is 26.7 Å². The number of hydrogen-bond acceptors (Lipinski definition) is 4. The predicted octanol–water partition coefficient (Wildman–Crippen LogP) is 7.40. The minimum absolute atomic E-state index is 0.0190. The highest BCUT2D eigenvalue weighted by atomic mass is 19.1. The molecule has 0 saturated carbocycles. The number of carbonyl (C=O) groups is 1. The van der Waals surface area contributed by atoms with Crippen LogP contribution in [-0.2, 0) is 24.6 Å². The van der Waals surface area contributed by atoms with Gasteiger partial charge in [-0.15, -0.1) is 0 Å². The molecule has 0 saturated heterocycles. The smallest absolute Gasteiger partial charge is 0.407 e. The van der Waals surface area contributed by atoms with E-state index in [1.807, 2.05) is 12.1 Å². The van der Waals surface area contributed by atoms with E-state index in [0.717, 1.165) is 80.5 Å². The Morgan fingerprint density at radius 3 is 2.73 bits per heavy atom. The van der Waals surface area contributed by atoms with Crippen LogP contribution in [0.2, 0.25) is 0 Å². The molecule has 0 fully saturated rings. The van der Waals surface area contributed by atoms with Gasteiger partial charge in [0.15, 0.2) is 0 Å². The topological polar surface area (TPSA) is 59.4 Å². The molecule has 1 amide bonds. The molecule has 0 radical (unpaired) electrons. The van der Waals surface area contributed by atoms with Crippen molar-refractivity contribution in [1.29, 1.82) is 0 Å². The first-order valence-electron chi connectivity index (χ1n) is 15.6. The maximum atomic E-state index is 14.1. The Labute approximate surface area is 245 Å². The molecule has 1 aromatic heterocycles. The van der Waals surface area contributed by atoms with Crippen LogP contribution in [0.3, 0.4) is 0 Å². The minimum atomic E-state index is -0.621. The van der Waals surface area contributed by atoms with Crippen molar-refractivity contribution in [1.82, 2.24) is 19.8 Å². The number of aryl methyl sites for hydroxylation is 3. The van der Waals surface area contributed by atoms with E-state index in [0.29, 0.717) is 19.4 Å². The summed E-state index contributed by atoms with van der Waals surface area (Å²) in [6.07, 6.45) is 8.13. The number of hydrogen-bond donors (Lipinski definition) is 1. The summed E-state index contributed by atoms with van der Waals surface area (Å²) in [7, 11) is 4.27. The highest BCUT2D eigenvalue weighted by Gasteiger charge is 2.47. The van der Waals surface area contributed by atoms with Gasteiger partial charge in [-0.25, -0.2) is 14.2 Å². The summed E-state index contributed by atoms with van der Waals surface area (Å²) in [4.78, 5) is 20.2. The monoisotopic (exact) mass is 564 g/mol. The largest absolute Gasteiger partial charge is 0.442 e. The van der Waals surface area contributed by atoms with Crippen LogP contribution in [0.25, 0.3) is 11.0 Å². The number of unbranched alkanes of at least 4 members (excludes halogenated alkanes) is 3. The second-order valence-corrected chi connectivity index (χ2v) is 12.2. The second kappa shape index (κ2) is 14.3. The van der Waals surface area contributed by atoms with Crippen LogP contribution < -0.4 is 5.32 Å². The molecule has 7 heteroatoms. The van der Waals surface area contributed by atoms with E-state index in [1.54, 1.807) is 12.1 Å². The fourth-order valence-electron chi connectivity index (χ4n) is 6.63. The molecule has 0 spiro atoms. The lowest BCUT2D eigenvalue weighted by Gasteiger charge is -2.47. The van der Waals surface area contributed by atoms with Crippen LogP contribution >= 0.6 is 0 Å². The molecule has 0 aliphatic heterocycles. The van der Waals surface area contributed by atoms with Crippen LogP contribution in [-0.4, -0.2) is 52.8 Å². The lowest BCUT2D eigenvalue weighted by molar-refractivity contribution is -0.0442. The van der Waals surface area contributed by atoms with E-state index in [-0.39, 0.29) is 23.7 Å². The Hall–Kier alpha value is -2.93. The molecule has 1 aliphatic carbocycles. The first-order valence-corrected chi connectivity index (χ1v) is 15.6. The number of amides is 1. The number of rotatable bonds is 14. The van der Waals surface area contributed by atoms with Crippen LogP contribution in [0.1, 0.15) is 88.6 Å². The highest BCUT2D eigenvalue weighted by Crippen LogP contribution is 2.48. The Kier molecular flexibility index (Phi) is 10.8. The fourth-order valence-corrected chi connectivity index (χ4v) is 6.63. The van der Waals surface area contributed by atoms with Crippen molar-refractivity contribution in [2.45, 2.75) is 90.1 Å². The van der Waals surface area contributed by atoms with Crippen molar-refractivity contribution >= 4 is 17.1 Å². The average Bonchev–Trinajstić information content (AvgIpc) is 3.27. The van der Waals surface area contributed by atoms with Crippen molar-refractivity contribution in [3.8, 4) is 0 Å². The Bertz CT molecular complexity index is 1290. The van der Waals surface area contributed by atoms with Gasteiger partial charge in [-0.1, -0.05) is 51.8 Å². The van der Waals surface area contributed by atoms with Gasteiger partial charge in [0, 0.05) is 38.9 Å². The summed E-state index contributed by atoms with van der Waals surface area (Å²) in [6.45, 7) is 8.93. The van der Waals surface area contributed by atoms with Gasteiger partial charge in [0.2, 0.25) is 0 Å². The summed E-state index contributed by atoms with van der Waals surface area (Å²) < 4.78 is 22.7. The van der Waals surface area contributed by atoms with Crippen molar-refractivity contribution in [2.24, 2.45) is 13.0 Å².